The monoisotopic (exact) mass is 204 g/mol. The minimum atomic E-state index is 0.434. The number of nitrogens with zero attached hydrogens (tertiary/aromatic N) is 1. The van der Waals surface area contributed by atoms with E-state index in [1.54, 1.807) is 0 Å². The molecule has 0 saturated heterocycles. The van der Waals surface area contributed by atoms with Crippen LogP contribution in [0.5, 0.6) is 0 Å². The number of hydrogen-bond donors (Lipinski definition) is 1. The molecule has 0 atom stereocenters. The summed E-state index contributed by atoms with van der Waals surface area (Å²) in [4.78, 5) is 4.21. The third-order valence-corrected chi connectivity index (χ3v) is 3.59. The number of aryl methyl sites for hydroxylation is 1. The Balaban J connectivity index is 1.92. The fourth-order valence-corrected chi connectivity index (χ4v) is 2.26. The molecule has 82 valence electrons. The second-order valence-electron chi connectivity index (χ2n) is 4.71. The zero-order valence-corrected chi connectivity index (χ0v) is 9.71. The highest BCUT2D eigenvalue weighted by Gasteiger charge is 2.34. The molecule has 1 fully saturated rings. The fraction of sp³-hybridized carbons (Fsp3) is 0.615. The van der Waals surface area contributed by atoms with Crippen LogP contribution in [0.1, 0.15) is 43.7 Å². The van der Waals surface area contributed by atoms with Crippen molar-refractivity contribution in [2.24, 2.45) is 0 Å². The highest BCUT2D eigenvalue weighted by molar-refractivity contribution is 5.16. The molecule has 1 saturated carbocycles. The molecule has 1 aliphatic rings. The predicted octanol–water partition coefficient (Wildman–Crippen LogP) is 2.81. The summed E-state index contributed by atoms with van der Waals surface area (Å²) >= 11 is 0. The van der Waals surface area contributed by atoms with E-state index in [2.05, 4.69) is 30.2 Å². The minimum Gasteiger partial charge on any atom is -0.307 e. The first kappa shape index (κ1) is 10.6. The van der Waals surface area contributed by atoms with Crippen LogP contribution in [0.4, 0.5) is 0 Å². The van der Waals surface area contributed by atoms with Crippen LogP contribution in [0.15, 0.2) is 18.5 Å². The van der Waals surface area contributed by atoms with Crippen molar-refractivity contribution >= 4 is 0 Å². The lowest BCUT2D eigenvalue weighted by Crippen LogP contribution is -2.49. The summed E-state index contributed by atoms with van der Waals surface area (Å²) in [7, 11) is 0. The standard InChI is InChI=1S/C13H20N2/c1-3-13(5-4-6-13)15-10-12-7-11(2)8-14-9-12/h7-9,15H,3-6,10H2,1-2H3. The van der Waals surface area contributed by atoms with Gasteiger partial charge in [-0.25, -0.2) is 0 Å². The summed E-state index contributed by atoms with van der Waals surface area (Å²) in [6.45, 7) is 5.33. The van der Waals surface area contributed by atoms with Crippen LogP contribution < -0.4 is 5.32 Å². The average Bonchev–Trinajstić information content (AvgIpc) is 2.17. The lowest BCUT2D eigenvalue weighted by Gasteiger charge is -2.42. The van der Waals surface area contributed by atoms with Gasteiger partial charge >= 0.3 is 0 Å². The van der Waals surface area contributed by atoms with E-state index in [0.717, 1.165) is 6.54 Å². The third kappa shape index (κ3) is 2.37. The van der Waals surface area contributed by atoms with E-state index in [9.17, 15) is 0 Å². The van der Waals surface area contributed by atoms with Crippen LogP contribution >= 0.6 is 0 Å². The molecule has 15 heavy (non-hydrogen) atoms. The van der Waals surface area contributed by atoms with Gasteiger partial charge in [0, 0.05) is 24.5 Å². The van der Waals surface area contributed by atoms with Gasteiger partial charge in [0.2, 0.25) is 0 Å². The highest BCUT2D eigenvalue weighted by atomic mass is 15.0. The Bertz CT molecular complexity index is 324. The fourth-order valence-electron chi connectivity index (χ4n) is 2.26. The van der Waals surface area contributed by atoms with Crippen molar-refractivity contribution < 1.29 is 0 Å². The maximum Gasteiger partial charge on any atom is 0.0313 e. The second-order valence-corrected chi connectivity index (χ2v) is 4.71. The molecule has 0 radical (unpaired) electrons. The van der Waals surface area contributed by atoms with Crippen molar-refractivity contribution in [2.45, 2.75) is 51.6 Å². The maximum atomic E-state index is 4.21. The summed E-state index contributed by atoms with van der Waals surface area (Å²) in [5, 5.41) is 3.69. The molecule has 0 unspecified atom stereocenters. The Morgan fingerprint density at radius 2 is 2.20 bits per heavy atom. The van der Waals surface area contributed by atoms with Gasteiger partial charge in [-0.2, -0.15) is 0 Å². The molecule has 1 heterocycles. The van der Waals surface area contributed by atoms with E-state index in [-0.39, 0.29) is 0 Å². The van der Waals surface area contributed by atoms with Gasteiger partial charge in [-0.1, -0.05) is 13.0 Å². The minimum absolute atomic E-state index is 0.434. The first-order valence-corrected chi connectivity index (χ1v) is 5.90. The molecule has 1 aliphatic carbocycles. The third-order valence-electron chi connectivity index (χ3n) is 3.59. The van der Waals surface area contributed by atoms with Crippen LogP contribution in [0.2, 0.25) is 0 Å². The number of hydrogen-bond acceptors (Lipinski definition) is 2. The van der Waals surface area contributed by atoms with Crippen LogP contribution in [0, 0.1) is 6.92 Å². The Morgan fingerprint density at radius 1 is 1.40 bits per heavy atom. The highest BCUT2D eigenvalue weighted by Crippen LogP contribution is 2.34. The number of rotatable bonds is 4. The molecular formula is C13H20N2. The molecule has 2 heteroatoms. The number of nitrogens with one attached hydrogen (secondary N) is 1. The number of pyridine rings is 1. The number of aromatic nitrogens is 1. The van der Waals surface area contributed by atoms with Gasteiger partial charge in [-0.3, -0.25) is 4.98 Å². The zero-order valence-electron chi connectivity index (χ0n) is 9.71. The SMILES string of the molecule is CCC1(NCc2cncc(C)c2)CCC1. The van der Waals surface area contributed by atoms with Gasteiger partial charge in [-0.05, 0) is 43.7 Å². The smallest absolute Gasteiger partial charge is 0.0313 e. The molecule has 0 aromatic carbocycles. The molecule has 1 aromatic heterocycles. The molecule has 0 aliphatic heterocycles. The average molecular weight is 204 g/mol. The summed E-state index contributed by atoms with van der Waals surface area (Å²) in [6.07, 6.45) is 9.16. The largest absolute Gasteiger partial charge is 0.307 e. The van der Waals surface area contributed by atoms with Crippen molar-refractivity contribution in [1.82, 2.24) is 10.3 Å². The van der Waals surface area contributed by atoms with Gasteiger partial charge < -0.3 is 5.32 Å². The van der Waals surface area contributed by atoms with E-state index < -0.39 is 0 Å². The summed E-state index contributed by atoms with van der Waals surface area (Å²) in [5.41, 5.74) is 2.98. The quantitative estimate of drug-likeness (QED) is 0.815. The van der Waals surface area contributed by atoms with E-state index in [0.29, 0.717) is 5.54 Å². The Labute approximate surface area is 92.1 Å². The van der Waals surface area contributed by atoms with Gasteiger partial charge in [0.25, 0.3) is 0 Å². The molecule has 1 N–H and O–H groups in total. The van der Waals surface area contributed by atoms with Gasteiger partial charge in [0.1, 0.15) is 0 Å². The van der Waals surface area contributed by atoms with Crippen molar-refractivity contribution in [2.75, 3.05) is 0 Å². The molecule has 0 bridgehead atoms. The molecular weight excluding hydrogens is 184 g/mol. The van der Waals surface area contributed by atoms with Crippen molar-refractivity contribution in [1.29, 1.82) is 0 Å². The molecule has 0 amide bonds. The van der Waals surface area contributed by atoms with Crippen LogP contribution in [-0.2, 0) is 6.54 Å². The van der Waals surface area contributed by atoms with Crippen molar-refractivity contribution in [3.63, 3.8) is 0 Å². The van der Waals surface area contributed by atoms with Crippen molar-refractivity contribution in [3.8, 4) is 0 Å². The summed E-state index contributed by atoms with van der Waals surface area (Å²) in [5.74, 6) is 0. The van der Waals surface area contributed by atoms with Gasteiger partial charge in [0.15, 0.2) is 0 Å². The van der Waals surface area contributed by atoms with Crippen molar-refractivity contribution in [3.05, 3.63) is 29.6 Å². The molecule has 1 aromatic rings. The summed E-state index contributed by atoms with van der Waals surface area (Å²) < 4.78 is 0. The lowest BCUT2D eigenvalue weighted by atomic mass is 9.75. The normalized spacial score (nSPS) is 18.5. The zero-order chi connectivity index (χ0) is 10.7. The van der Waals surface area contributed by atoms with E-state index >= 15 is 0 Å². The summed E-state index contributed by atoms with van der Waals surface area (Å²) in [6, 6.07) is 2.21. The van der Waals surface area contributed by atoms with Gasteiger partial charge in [-0.15, -0.1) is 0 Å². The Morgan fingerprint density at radius 3 is 2.73 bits per heavy atom. The molecule has 2 rings (SSSR count). The lowest BCUT2D eigenvalue weighted by molar-refractivity contribution is 0.175. The van der Waals surface area contributed by atoms with E-state index in [1.165, 1.54) is 36.8 Å². The molecule has 2 nitrogen and oxygen atoms in total. The van der Waals surface area contributed by atoms with Gasteiger partial charge in [0.05, 0.1) is 0 Å². The Kier molecular flexibility index (Phi) is 3.06. The van der Waals surface area contributed by atoms with Crippen LogP contribution in [0.3, 0.4) is 0 Å². The van der Waals surface area contributed by atoms with Crippen LogP contribution in [0.25, 0.3) is 0 Å². The van der Waals surface area contributed by atoms with Crippen LogP contribution in [-0.4, -0.2) is 10.5 Å². The Hall–Kier alpha value is -0.890. The maximum absolute atomic E-state index is 4.21. The predicted molar refractivity (Wildman–Crippen MR) is 62.7 cm³/mol. The van der Waals surface area contributed by atoms with E-state index in [1.807, 2.05) is 12.4 Å². The topological polar surface area (TPSA) is 24.9 Å². The second kappa shape index (κ2) is 4.31. The first-order valence-electron chi connectivity index (χ1n) is 5.90. The first-order chi connectivity index (χ1) is 7.24. The van der Waals surface area contributed by atoms with E-state index in [4.69, 9.17) is 0 Å². The molecule has 0 spiro atoms.